The molecule has 0 fully saturated rings. The maximum atomic E-state index is 11.9. The molecule has 1 aromatic heterocycles. The van der Waals surface area contributed by atoms with Crippen molar-refractivity contribution in [1.29, 1.82) is 0 Å². The number of allylic oxidation sites excluding steroid dienone is 2. The summed E-state index contributed by atoms with van der Waals surface area (Å²) in [4.78, 5) is -0.147. The summed E-state index contributed by atoms with van der Waals surface area (Å²) in [7, 11) is 0.715. The van der Waals surface area contributed by atoms with Gasteiger partial charge in [-0.25, -0.2) is 16.9 Å². The summed E-state index contributed by atoms with van der Waals surface area (Å²) in [5.41, 5.74) is 0.386. The molecule has 0 bridgehead atoms. The monoisotopic (exact) mass is 595 g/mol. The van der Waals surface area contributed by atoms with E-state index in [2.05, 4.69) is 40.2 Å². The molecule has 0 amide bonds. The normalized spacial score (nSPS) is 17.9. The largest absolute Gasteiger partial charge is 0.505 e. The summed E-state index contributed by atoms with van der Waals surface area (Å²) < 4.78 is 48.3. The third kappa shape index (κ3) is 13.6. The smallest absolute Gasteiger partial charge is 0.267 e. The summed E-state index contributed by atoms with van der Waals surface area (Å²) >= 11 is 4.49. The Labute approximate surface area is 237 Å². The summed E-state index contributed by atoms with van der Waals surface area (Å²) in [6, 6.07) is 3.77. The second-order valence-corrected chi connectivity index (χ2v) is 11.6. The van der Waals surface area contributed by atoms with Crippen molar-refractivity contribution < 1.29 is 22.2 Å². The molecule has 0 radical (unpaired) electrons. The molecule has 2 unspecified atom stereocenters. The molecule has 13 heteroatoms. The molecule has 10 nitrogen and oxygen atoms in total. The van der Waals surface area contributed by atoms with Gasteiger partial charge in [-0.3, -0.25) is 0 Å². The van der Waals surface area contributed by atoms with Crippen molar-refractivity contribution in [3.05, 3.63) is 46.1 Å². The topological polar surface area (TPSA) is 137 Å². The van der Waals surface area contributed by atoms with Crippen molar-refractivity contribution in [3.63, 3.8) is 0 Å². The maximum absolute atomic E-state index is 11.9. The Kier molecular flexibility index (Phi) is 19.9. The molecular formula is C25H46ClN5O5S2. The highest BCUT2D eigenvalue weighted by molar-refractivity contribution is 7.93. The van der Waals surface area contributed by atoms with E-state index in [0.29, 0.717) is 24.5 Å². The Morgan fingerprint density at radius 1 is 1.21 bits per heavy atom. The van der Waals surface area contributed by atoms with E-state index in [0.717, 1.165) is 21.7 Å². The zero-order valence-electron chi connectivity index (χ0n) is 24.5. The third-order valence-electron chi connectivity index (χ3n) is 4.01. The van der Waals surface area contributed by atoms with E-state index < -0.39 is 26.6 Å². The number of nitrogens with one attached hydrogen (secondary N) is 2. The number of hydrogen-bond acceptors (Lipinski definition) is 7. The van der Waals surface area contributed by atoms with Gasteiger partial charge in [0.15, 0.2) is 11.6 Å². The van der Waals surface area contributed by atoms with Crippen molar-refractivity contribution in [2.75, 3.05) is 21.1 Å². The summed E-state index contributed by atoms with van der Waals surface area (Å²) in [5, 5.41) is 14.8. The zero-order valence-corrected chi connectivity index (χ0v) is 26.9. The van der Waals surface area contributed by atoms with Crippen LogP contribution in [0.25, 0.3) is 0 Å². The first-order valence-corrected chi connectivity index (χ1v) is 15.5. The fourth-order valence-corrected chi connectivity index (χ4v) is 4.68. The second-order valence-electron chi connectivity index (χ2n) is 8.11. The van der Waals surface area contributed by atoms with Crippen LogP contribution in [0.5, 0.6) is 0 Å². The third-order valence-corrected chi connectivity index (χ3v) is 7.17. The Bertz CT molecular complexity index is 1070. The van der Waals surface area contributed by atoms with Crippen LogP contribution >= 0.6 is 11.6 Å². The molecule has 1 aromatic rings. The van der Waals surface area contributed by atoms with Gasteiger partial charge in [0.1, 0.15) is 16.4 Å². The Balaban J connectivity index is 0. The number of furan rings is 1. The number of aliphatic hydroxyl groups excluding tert-OH is 1. The average Bonchev–Trinajstić information content (AvgIpc) is 3.47. The number of likely N-dealkylation sites (N-methyl/N-ethyl adjacent to an activating group) is 1. The van der Waals surface area contributed by atoms with Gasteiger partial charge in [-0.05, 0) is 31.4 Å². The van der Waals surface area contributed by atoms with Crippen LogP contribution in [0.2, 0.25) is 0 Å². The first-order chi connectivity index (χ1) is 17.8. The van der Waals surface area contributed by atoms with Crippen LogP contribution < -0.4 is 10.6 Å². The van der Waals surface area contributed by atoms with E-state index in [1.54, 1.807) is 13.1 Å². The quantitative estimate of drug-likeness (QED) is 0.397. The van der Waals surface area contributed by atoms with Crippen molar-refractivity contribution in [2.45, 2.75) is 73.7 Å². The van der Waals surface area contributed by atoms with Gasteiger partial charge in [0.25, 0.3) is 11.2 Å². The molecule has 2 aliphatic rings. The Morgan fingerprint density at radius 2 is 1.76 bits per heavy atom. The average molecular weight is 596 g/mol. The Morgan fingerprint density at radius 3 is 2.16 bits per heavy atom. The minimum atomic E-state index is -3.69. The summed E-state index contributed by atoms with van der Waals surface area (Å²) in [6.45, 7) is 16.9. The van der Waals surface area contributed by atoms with Crippen molar-refractivity contribution in [3.8, 4) is 0 Å². The van der Waals surface area contributed by atoms with Crippen LogP contribution in [0.3, 0.4) is 0 Å². The van der Waals surface area contributed by atoms with Gasteiger partial charge in [-0.15, -0.1) is 16.0 Å². The van der Waals surface area contributed by atoms with E-state index in [4.69, 9.17) is 16.0 Å². The lowest BCUT2D eigenvalue weighted by Gasteiger charge is -2.23. The number of hydrogen-bond donors (Lipinski definition) is 3. The van der Waals surface area contributed by atoms with Crippen LogP contribution in [0.15, 0.2) is 47.8 Å². The lowest BCUT2D eigenvalue weighted by atomic mass is 10.1. The standard InChI is InChI=1S/C9H15ClN2O3S.C8H9N3O2S.C4H10.2C2H6/c1-11-7-5-4-6(10)9(8(7)13)16(14,15)12(2)3;1-6-2-3-7(13-6)4-9-8-5-10-14(12)11-8;1-4(2)3;2*1-2/h5-6,11,13H,4H2,1-3H3;2-3,5H,4H2,1H3,(H,9,11);4H,1-3H3;2*1-2H3. The number of aliphatic hydroxyl groups is 1. The van der Waals surface area contributed by atoms with Gasteiger partial charge >= 0.3 is 0 Å². The highest BCUT2D eigenvalue weighted by Crippen LogP contribution is 2.31. The number of nitrogens with zero attached hydrogens (tertiary/aromatic N) is 3. The van der Waals surface area contributed by atoms with Gasteiger partial charge in [0.2, 0.25) is 10.0 Å². The lowest BCUT2D eigenvalue weighted by Crippen LogP contribution is -2.31. The molecule has 3 rings (SSSR count). The van der Waals surface area contributed by atoms with Crippen LogP contribution in [0.1, 0.15) is 66.4 Å². The number of amidine groups is 1. The first-order valence-electron chi connectivity index (χ1n) is 12.5. The summed E-state index contributed by atoms with van der Waals surface area (Å²) in [5.74, 6) is 2.74. The SMILES string of the molecule is CC.CC.CC(C)C.CNC1=CCC(Cl)C(S(=O)(=O)N(C)C)=C1O.Cc1ccc(CNC2=NS(=O)N=C2)o1. The van der Waals surface area contributed by atoms with E-state index in [-0.39, 0.29) is 10.7 Å². The van der Waals surface area contributed by atoms with Crippen LogP contribution in [-0.4, -0.2) is 60.6 Å². The molecule has 0 spiro atoms. The predicted molar refractivity (Wildman–Crippen MR) is 161 cm³/mol. The fraction of sp³-hybridized carbons (Fsp3) is 0.600. The molecule has 0 saturated carbocycles. The van der Waals surface area contributed by atoms with Crippen molar-refractivity contribution in [1.82, 2.24) is 14.9 Å². The highest BCUT2D eigenvalue weighted by atomic mass is 35.5. The van der Waals surface area contributed by atoms with Gasteiger partial charge in [0, 0.05) is 21.1 Å². The highest BCUT2D eigenvalue weighted by Gasteiger charge is 2.34. The van der Waals surface area contributed by atoms with Crippen molar-refractivity contribution in [2.24, 2.45) is 14.7 Å². The van der Waals surface area contributed by atoms with Gasteiger partial charge in [-0.2, -0.15) is 4.40 Å². The molecule has 0 saturated heterocycles. The number of halogens is 1. The molecule has 3 N–H and O–H groups in total. The van der Waals surface area contributed by atoms with Crippen LogP contribution in [0.4, 0.5) is 0 Å². The maximum Gasteiger partial charge on any atom is 0.267 e. The van der Waals surface area contributed by atoms with E-state index in [1.165, 1.54) is 20.3 Å². The predicted octanol–water partition coefficient (Wildman–Crippen LogP) is 5.22. The first kappa shape index (κ1) is 38.0. The van der Waals surface area contributed by atoms with Gasteiger partial charge in [0.05, 0.1) is 23.8 Å². The molecule has 2 heterocycles. The van der Waals surface area contributed by atoms with Crippen LogP contribution in [-0.2, 0) is 27.7 Å². The van der Waals surface area contributed by atoms with E-state index in [1.807, 2.05) is 46.8 Å². The van der Waals surface area contributed by atoms with E-state index in [9.17, 15) is 17.7 Å². The van der Waals surface area contributed by atoms with Crippen LogP contribution in [0, 0.1) is 12.8 Å². The molecule has 0 aromatic carbocycles. The molecule has 38 heavy (non-hydrogen) atoms. The van der Waals surface area contributed by atoms with Gasteiger partial charge in [-0.1, -0.05) is 54.5 Å². The zero-order chi connectivity index (χ0) is 30.1. The number of rotatable bonds is 5. The Hall–Kier alpha value is -2.15. The molecule has 2 atom stereocenters. The molecule has 220 valence electrons. The number of aryl methyl sites for hydroxylation is 1. The number of alkyl halides is 1. The lowest BCUT2D eigenvalue weighted by molar-refractivity contribution is 0.405. The minimum absolute atomic E-state index is 0.147. The molecule has 1 aliphatic heterocycles. The van der Waals surface area contributed by atoms with E-state index >= 15 is 0 Å². The molecule has 1 aliphatic carbocycles. The summed E-state index contributed by atoms with van der Waals surface area (Å²) in [6.07, 6.45) is 3.48. The number of sulfonamides is 1. The molecular weight excluding hydrogens is 550 g/mol. The fourth-order valence-electron chi connectivity index (χ4n) is 2.47. The van der Waals surface area contributed by atoms with Gasteiger partial charge < -0.3 is 20.2 Å². The second kappa shape index (κ2) is 19.9. The minimum Gasteiger partial charge on any atom is -0.505 e. The van der Waals surface area contributed by atoms with Crippen molar-refractivity contribution >= 4 is 44.8 Å².